The summed E-state index contributed by atoms with van der Waals surface area (Å²) in [5.41, 5.74) is 0.331. The van der Waals surface area contributed by atoms with Crippen molar-refractivity contribution >= 4 is 218 Å². The van der Waals surface area contributed by atoms with Gasteiger partial charge in [-0.25, -0.2) is 15.0 Å². The number of hydrogen-bond donors (Lipinski definition) is 0. The zero-order valence-electron chi connectivity index (χ0n) is 25.6. The Labute approximate surface area is 397 Å². The summed E-state index contributed by atoms with van der Waals surface area (Å²) < 4.78 is 0. The second-order valence-corrected chi connectivity index (χ2v) is 17.1. The number of benzene rings is 4. The zero-order chi connectivity index (χ0) is 39.3. The van der Waals surface area contributed by atoms with Crippen LogP contribution in [0.5, 0.6) is 0 Å². The average Bonchev–Trinajstić information content (AvgIpc) is 3.89. The van der Waals surface area contributed by atoms with Crippen molar-refractivity contribution in [3.63, 3.8) is 0 Å². The topological polar surface area (TPSA) is 106 Å². The molecule has 3 aromatic heterocycles. The number of aromatic nitrogens is 8. The summed E-state index contributed by atoms with van der Waals surface area (Å²) in [5, 5.41) is -0.194. The second-order valence-electron chi connectivity index (χ2n) is 11.4. The number of nitrogens with zero attached hydrogens (tertiary/aromatic N) is 8. The smallest absolute Gasteiger partial charge is 0.357 e. The van der Waals surface area contributed by atoms with Gasteiger partial charge in [0, 0.05) is 60.8 Å². The third kappa shape index (κ3) is 5.99. The fraction of sp³-hybridized carbons (Fsp3) is 0. The van der Waals surface area contributed by atoms with Crippen LogP contribution in [-0.4, -0.2) is 29.9 Å². The molecule has 0 spiro atoms. The average molecular weight is 1090 g/mol. The van der Waals surface area contributed by atoms with Crippen molar-refractivity contribution in [1.82, 2.24) is 39.9 Å². The zero-order valence-corrected chi connectivity index (χ0v) is 37.9. The fourth-order valence-corrected chi connectivity index (χ4v) is 9.92. The minimum absolute atomic E-state index is 0. The van der Waals surface area contributed by atoms with Crippen molar-refractivity contribution in [2.45, 2.75) is 0 Å². The van der Waals surface area contributed by atoms with Gasteiger partial charge in [0.1, 0.15) is 0 Å². The second kappa shape index (κ2) is 14.9. The number of halogens is 15. The summed E-state index contributed by atoms with van der Waals surface area (Å²) in [6.07, 6.45) is 0. The molecule has 0 aliphatic carbocycles. The first-order valence-electron chi connectivity index (χ1n) is 14.5. The molecule has 24 heteroatoms. The minimum atomic E-state index is -0.0952. The van der Waals surface area contributed by atoms with Gasteiger partial charge in [-0.05, 0) is 6.07 Å². The van der Waals surface area contributed by atoms with Crippen LogP contribution in [0.25, 0.3) is 89.7 Å². The molecule has 0 unspecified atom stereocenters. The standard InChI is InChI=1S/C32HCl15N8.Cu/c33-2-1-3(34)12(35)5-4(2)25-48-26(5)50-28-8-9(16(39)22(45)21(44)15(8)38)30(52-28)54-32-11-10(17(40)23(46)24(47)18(11)41)31(55-32)53-29-7-6(27(49-25)51-29)13(36)19(42)20(43)14(7)37;/h1H;/q-2;+2. The first-order chi connectivity index (χ1) is 26.0. The van der Waals surface area contributed by atoms with Crippen molar-refractivity contribution in [3.8, 4) is 45.6 Å². The Bertz CT molecular complexity index is 3190. The molecular weight excluding hydrogens is 1090 g/mol. The van der Waals surface area contributed by atoms with E-state index in [2.05, 4.69) is 15.0 Å². The molecule has 0 N–H and O–H groups in total. The summed E-state index contributed by atoms with van der Waals surface area (Å²) in [5.74, 6) is -0.240. The van der Waals surface area contributed by atoms with Crippen LogP contribution in [0.2, 0.25) is 75.3 Å². The van der Waals surface area contributed by atoms with E-state index < -0.39 is 0 Å². The molecule has 2 aliphatic rings. The number of fused-ring (bicyclic) bond motifs is 20. The molecule has 5 heterocycles. The Morgan fingerprint density at radius 2 is 0.571 bits per heavy atom. The maximum absolute atomic E-state index is 6.82. The van der Waals surface area contributed by atoms with Gasteiger partial charge in [0.25, 0.3) is 0 Å². The van der Waals surface area contributed by atoms with E-state index >= 15 is 0 Å². The molecule has 0 amide bonds. The van der Waals surface area contributed by atoms with E-state index in [0.717, 1.165) is 0 Å². The summed E-state index contributed by atoms with van der Waals surface area (Å²) in [6.45, 7) is 0. The van der Waals surface area contributed by atoms with Gasteiger partial charge in [-0.1, -0.05) is 174 Å². The predicted molar refractivity (Wildman–Crippen MR) is 229 cm³/mol. The van der Waals surface area contributed by atoms with Gasteiger partial charge < -0.3 is 24.9 Å². The molecule has 9 rings (SSSR count). The van der Waals surface area contributed by atoms with E-state index in [4.69, 9.17) is 199 Å². The molecule has 56 heavy (non-hydrogen) atoms. The van der Waals surface area contributed by atoms with E-state index in [1.165, 1.54) is 6.07 Å². The summed E-state index contributed by atoms with van der Waals surface area (Å²) in [7, 11) is 0. The molecule has 4 aromatic carbocycles. The van der Waals surface area contributed by atoms with Gasteiger partial charge in [-0.15, -0.1) is 0 Å². The number of hydrogen-bond acceptors (Lipinski definition) is 6. The summed E-state index contributed by atoms with van der Waals surface area (Å²) in [6, 6.07) is 1.42. The van der Waals surface area contributed by atoms with Crippen molar-refractivity contribution < 1.29 is 17.1 Å². The van der Waals surface area contributed by atoms with Crippen LogP contribution in [0.4, 0.5) is 0 Å². The fourth-order valence-electron chi connectivity index (χ4n) is 6.08. The number of rotatable bonds is 0. The molecule has 1 radical (unpaired) electrons. The Kier molecular flexibility index (Phi) is 11.2. The van der Waals surface area contributed by atoms with E-state index in [-0.39, 0.29) is 182 Å². The van der Waals surface area contributed by atoms with E-state index in [9.17, 15) is 0 Å². The summed E-state index contributed by atoms with van der Waals surface area (Å²) >= 11 is 100. The molecule has 285 valence electrons. The van der Waals surface area contributed by atoms with Crippen LogP contribution in [0.15, 0.2) is 6.07 Å². The van der Waals surface area contributed by atoms with Crippen LogP contribution in [-0.2, 0) is 17.1 Å². The van der Waals surface area contributed by atoms with Crippen LogP contribution in [0.1, 0.15) is 0 Å². The maximum atomic E-state index is 6.82. The van der Waals surface area contributed by atoms with Gasteiger partial charge in [-0.2, -0.15) is 0 Å². The Morgan fingerprint density at radius 3 is 0.946 bits per heavy atom. The monoisotopic (exact) mass is 1080 g/mol. The Morgan fingerprint density at radius 1 is 0.286 bits per heavy atom. The van der Waals surface area contributed by atoms with Crippen LogP contribution in [0, 0.1) is 0 Å². The van der Waals surface area contributed by atoms with Gasteiger partial charge in [0.05, 0.1) is 92.6 Å². The third-order valence-corrected chi connectivity index (χ3v) is 14.9. The third-order valence-electron chi connectivity index (χ3n) is 8.46. The van der Waals surface area contributed by atoms with Gasteiger partial charge in [-0.3, -0.25) is 0 Å². The molecular formula is C32HCl15CuN8. The van der Waals surface area contributed by atoms with Gasteiger partial charge in [0.15, 0.2) is 11.6 Å². The minimum Gasteiger partial charge on any atom is -0.357 e. The van der Waals surface area contributed by atoms with Crippen molar-refractivity contribution in [1.29, 1.82) is 0 Å². The normalized spacial score (nSPS) is 12.1. The molecule has 0 saturated carbocycles. The predicted octanol–water partition coefficient (Wildman–Crippen LogP) is 15.9. The van der Waals surface area contributed by atoms with Crippen LogP contribution < -0.4 is 9.97 Å². The summed E-state index contributed by atoms with van der Waals surface area (Å²) in [4.78, 5) is 37.8. The van der Waals surface area contributed by atoms with Crippen LogP contribution in [0.3, 0.4) is 0 Å². The Balaban J connectivity index is 0.00000441. The Hall–Kier alpha value is -0.891. The molecule has 8 nitrogen and oxygen atoms in total. The van der Waals surface area contributed by atoms with E-state index in [1.54, 1.807) is 0 Å². The molecule has 0 fully saturated rings. The van der Waals surface area contributed by atoms with Gasteiger partial charge in [0.2, 0.25) is 0 Å². The first kappa shape index (κ1) is 41.8. The van der Waals surface area contributed by atoms with Crippen LogP contribution >= 0.6 is 174 Å². The van der Waals surface area contributed by atoms with Crippen molar-refractivity contribution in [3.05, 3.63) is 81.4 Å². The molecule has 8 bridgehead atoms. The SMILES string of the molecule is Clc1cc(Cl)c2c(c1Cl)-c1nc-2nc2nc(nc3[n-]c(nc4[n-]c(n1)c1c(Cl)c(Cl)c(Cl)c(Cl)c41)c1c(Cl)c(Cl)c(Cl)c(Cl)c31)-c1c(Cl)c(Cl)c(Cl)c(Cl)c1-2.[Cu+2]. The van der Waals surface area contributed by atoms with Crippen molar-refractivity contribution in [2.24, 2.45) is 0 Å². The van der Waals surface area contributed by atoms with E-state index in [0.29, 0.717) is 0 Å². The van der Waals surface area contributed by atoms with E-state index in [1.807, 2.05) is 0 Å². The maximum Gasteiger partial charge on any atom is 2.00 e. The first-order valence-corrected chi connectivity index (χ1v) is 20.2. The molecule has 2 aliphatic heterocycles. The molecule has 0 atom stereocenters. The largest absolute Gasteiger partial charge is 2.00 e. The van der Waals surface area contributed by atoms with Gasteiger partial charge >= 0.3 is 17.1 Å². The quantitative estimate of drug-likeness (QED) is 0.0840. The van der Waals surface area contributed by atoms with Crippen molar-refractivity contribution in [2.75, 3.05) is 0 Å². The molecule has 0 saturated heterocycles. The molecule has 7 aromatic rings.